The van der Waals surface area contributed by atoms with E-state index < -0.39 is 6.43 Å². The molecule has 0 atom stereocenters. The fourth-order valence-electron chi connectivity index (χ4n) is 1.07. The fraction of sp³-hybridized carbons (Fsp3) is 0.273. The lowest BCUT2D eigenvalue weighted by Crippen LogP contribution is -2.07. The lowest BCUT2D eigenvalue weighted by atomic mass is 10.2. The van der Waals surface area contributed by atoms with E-state index in [4.69, 9.17) is 0 Å². The molecule has 0 bridgehead atoms. The minimum Gasteiger partial charge on any atom is -0.378 e. The average Bonchev–Trinajstić information content (AvgIpc) is 2.15. The second kappa shape index (κ2) is 4.74. The molecule has 1 aromatic carbocycles. The van der Waals surface area contributed by atoms with E-state index in [1.807, 2.05) is 43.3 Å². The molecule has 1 rings (SSSR count). The highest BCUT2D eigenvalue weighted by Gasteiger charge is 1.95. The van der Waals surface area contributed by atoms with E-state index in [1.165, 1.54) is 6.08 Å². The number of alkyl halides is 2. The van der Waals surface area contributed by atoms with Gasteiger partial charge in [-0.1, -0.05) is 18.2 Å². The molecule has 0 unspecified atom stereocenters. The summed E-state index contributed by atoms with van der Waals surface area (Å²) in [6.45, 7) is 0. The highest BCUT2D eigenvalue weighted by Crippen LogP contribution is 2.13. The molecule has 14 heavy (non-hydrogen) atoms. The predicted octanol–water partition coefficient (Wildman–Crippen LogP) is 3.03. The van der Waals surface area contributed by atoms with Gasteiger partial charge in [0, 0.05) is 19.8 Å². The highest BCUT2D eigenvalue weighted by atomic mass is 19.3. The van der Waals surface area contributed by atoms with Gasteiger partial charge in [-0.2, -0.15) is 0 Å². The summed E-state index contributed by atoms with van der Waals surface area (Å²) in [6, 6.07) is 7.42. The Labute approximate surface area is 82.7 Å². The van der Waals surface area contributed by atoms with Crippen LogP contribution in [0.4, 0.5) is 14.5 Å². The third-order valence-electron chi connectivity index (χ3n) is 1.84. The molecule has 0 aromatic heterocycles. The molecule has 0 amide bonds. The summed E-state index contributed by atoms with van der Waals surface area (Å²) in [5.74, 6) is 0. The summed E-state index contributed by atoms with van der Waals surface area (Å²) in [5, 5.41) is 0. The number of halogens is 2. The smallest absolute Gasteiger partial charge is 0.257 e. The maximum atomic E-state index is 11.8. The van der Waals surface area contributed by atoms with Crippen LogP contribution in [0.3, 0.4) is 0 Å². The molecule has 0 heterocycles. The number of anilines is 1. The summed E-state index contributed by atoms with van der Waals surface area (Å²) in [4.78, 5) is 1.96. The van der Waals surface area contributed by atoms with Crippen LogP contribution in [-0.2, 0) is 0 Å². The number of hydrogen-bond donors (Lipinski definition) is 0. The Morgan fingerprint density at radius 3 is 2.14 bits per heavy atom. The first-order chi connectivity index (χ1) is 6.59. The third-order valence-corrected chi connectivity index (χ3v) is 1.84. The van der Waals surface area contributed by atoms with Crippen molar-refractivity contribution in [3.8, 4) is 0 Å². The number of benzene rings is 1. The van der Waals surface area contributed by atoms with Crippen LogP contribution < -0.4 is 4.90 Å². The number of allylic oxidation sites excluding steroid dienone is 1. The zero-order chi connectivity index (χ0) is 10.6. The minimum absolute atomic E-state index is 0.788. The Morgan fingerprint density at radius 1 is 1.14 bits per heavy atom. The topological polar surface area (TPSA) is 3.24 Å². The molecule has 76 valence electrons. The Balaban J connectivity index is 2.73. The Morgan fingerprint density at radius 2 is 1.71 bits per heavy atom. The van der Waals surface area contributed by atoms with Gasteiger partial charge in [0.2, 0.25) is 0 Å². The largest absolute Gasteiger partial charge is 0.378 e. The van der Waals surface area contributed by atoms with Crippen molar-refractivity contribution < 1.29 is 8.78 Å². The molecule has 0 N–H and O–H groups in total. The number of nitrogens with zero attached hydrogens (tertiary/aromatic N) is 1. The van der Waals surface area contributed by atoms with Crippen molar-refractivity contribution in [1.82, 2.24) is 0 Å². The van der Waals surface area contributed by atoms with Crippen LogP contribution in [0.2, 0.25) is 0 Å². The van der Waals surface area contributed by atoms with Gasteiger partial charge in [0.05, 0.1) is 0 Å². The van der Waals surface area contributed by atoms with E-state index in [1.54, 1.807) is 0 Å². The molecule has 3 heteroatoms. The van der Waals surface area contributed by atoms with E-state index >= 15 is 0 Å². The van der Waals surface area contributed by atoms with E-state index in [-0.39, 0.29) is 0 Å². The van der Waals surface area contributed by atoms with E-state index in [2.05, 4.69) is 0 Å². The van der Waals surface area contributed by atoms with E-state index in [0.717, 1.165) is 17.3 Å². The van der Waals surface area contributed by atoms with Crippen LogP contribution in [0.1, 0.15) is 5.56 Å². The zero-order valence-electron chi connectivity index (χ0n) is 8.24. The van der Waals surface area contributed by atoms with Crippen LogP contribution >= 0.6 is 0 Å². The maximum Gasteiger partial charge on any atom is 0.257 e. The Kier molecular flexibility index (Phi) is 3.63. The molecular formula is C11H13F2N. The lowest BCUT2D eigenvalue weighted by Gasteiger charge is -2.11. The first kappa shape index (κ1) is 10.7. The molecule has 0 spiro atoms. The summed E-state index contributed by atoms with van der Waals surface area (Å²) in [6.07, 6.45) is -0.0853. The van der Waals surface area contributed by atoms with Gasteiger partial charge in [-0.25, -0.2) is 8.78 Å². The second-order valence-corrected chi connectivity index (χ2v) is 3.18. The lowest BCUT2D eigenvalue weighted by molar-refractivity contribution is 0.205. The molecule has 0 saturated carbocycles. The van der Waals surface area contributed by atoms with Gasteiger partial charge in [0.25, 0.3) is 6.43 Å². The van der Waals surface area contributed by atoms with Gasteiger partial charge < -0.3 is 4.90 Å². The molecule has 0 radical (unpaired) electrons. The molecule has 1 aromatic rings. The monoisotopic (exact) mass is 197 g/mol. The number of hydrogen-bond acceptors (Lipinski definition) is 1. The normalized spacial score (nSPS) is 11.2. The van der Waals surface area contributed by atoms with Crippen molar-refractivity contribution >= 4 is 11.8 Å². The number of rotatable bonds is 3. The SMILES string of the molecule is CN(C)c1ccc(/C=C/C(F)F)cc1. The van der Waals surface area contributed by atoms with Crippen LogP contribution in [-0.4, -0.2) is 20.5 Å². The van der Waals surface area contributed by atoms with Crippen molar-refractivity contribution in [2.24, 2.45) is 0 Å². The Bertz CT molecular complexity index is 302. The van der Waals surface area contributed by atoms with Gasteiger partial charge in [-0.3, -0.25) is 0 Å². The molecule has 1 nitrogen and oxygen atoms in total. The zero-order valence-corrected chi connectivity index (χ0v) is 8.24. The molecular weight excluding hydrogens is 184 g/mol. The standard InChI is InChI=1S/C11H13F2N/c1-14(2)10-6-3-9(4-7-10)5-8-11(12)13/h3-8,11H,1-2H3/b8-5+. The van der Waals surface area contributed by atoms with Crippen molar-refractivity contribution in [1.29, 1.82) is 0 Å². The van der Waals surface area contributed by atoms with Gasteiger partial charge in [0.15, 0.2) is 0 Å². The third kappa shape index (κ3) is 3.17. The summed E-state index contributed by atoms with van der Waals surface area (Å²) >= 11 is 0. The Hall–Kier alpha value is -1.38. The van der Waals surface area contributed by atoms with Crippen molar-refractivity contribution in [2.75, 3.05) is 19.0 Å². The first-order valence-corrected chi connectivity index (χ1v) is 4.33. The second-order valence-electron chi connectivity index (χ2n) is 3.18. The molecule has 0 aliphatic rings. The van der Waals surface area contributed by atoms with E-state index in [0.29, 0.717) is 0 Å². The van der Waals surface area contributed by atoms with Gasteiger partial charge in [0.1, 0.15) is 0 Å². The van der Waals surface area contributed by atoms with Gasteiger partial charge in [-0.05, 0) is 23.8 Å². The minimum atomic E-state index is -2.39. The maximum absolute atomic E-state index is 11.8. The van der Waals surface area contributed by atoms with Crippen LogP contribution in [0.25, 0.3) is 6.08 Å². The van der Waals surface area contributed by atoms with E-state index in [9.17, 15) is 8.78 Å². The average molecular weight is 197 g/mol. The van der Waals surface area contributed by atoms with Crippen molar-refractivity contribution in [2.45, 2.75) is 6.43 Å². The molecule has 0 saturated heterocycles. The molecule has 0 fully saturated rings. The quantitative estimate of drug-likeness (QED) is 0.719. The van der Waals surface area contributed by atoms with Crippen molar-refractivity contribution in [3.05, 3.63) is 35.9 Å². The summed E-state index contributed by atoms with van der Waals surface area (Å²) < 4.78 is 23.7. The first-order valence-electron chi connectivity index (χ1n) is 4.33. The van der Waals surface area contributed by atoms with Crippen LogP contribution in [0.5, 0.6) is 0 Å². The van der Waals surface area contributed by atoms with Crippen LogP contribution in [0, 0.1) is 0 Å². The predicted molar refractivity (Wildman–Crippen MR) is 55.8 cm³/mol. The highest BCUT2D eigenvalue weighted by molar-refractivity contribution is 5.55. The molecule has 0 aliphatic heterocycles. The van der Waals surface area contributed by atoms with Crippen LogP contribution in [0.15, 0.2) is 30.3 Å². The summed E-state index contributed by atoms with van der Waals surface area (Å²) in [5.41, 5.74) is 1.84. The molecule has 0 aliphatic carbocycles. The summed E-state index contributed by atoms with van der Waals surface area (Å²) in [7, 11) is 3.87. The van der Waals surface area contributed by atoms with Gasteiger partial charge in [-0.15, -0.1) is 0 Å². The fourth-order valence-corrected chi connectivity index (χ4v) is 1.07. The van der Waals surface area contributed by atoms with Crippen molar-refractivity contribution in [3.63, 3.8) is 0 Å². The van der Waals surface area contributed by atoms with Gasteiger partial charge >= 0.3 is 0 Å².